The second-order valence-corrected chi connectivity index (χ2v) is 7.45. The molecule has 1 atom stereocenters. The van der Waals surface area contributed by atoms with E-state index >= 15 is 0 Å². The topological polar surface area (TPSA) is 84.9 Å². The maximum atomic E-state index is 12.4. The quantitative estimate of drug-likeness (QED) is 0.756. The number of ether oxygens (including phenoxy) is 2. The van der Waals surface area contributed by atoms with Crippen molar-refractivity contribution in [2.45, 2.75) is 17.4 Å². The highest BCUT2D eigenvalue weighted by molar-refractivity contribution is 7.89. The molecule has 0 aliphatic heterocycles. The molecule has 0 fully saturated rings. The Labute approximate surface area is 139 Å². The lowest BCUT2D eigenvalue weighted by Gasteiger charge is -2.13. The van der Waals surface area contributed by atoms with Gasteiger partial charge in [-0.2, -0.15) is 0 Å². The molecule has 23 heavy (non-hydrogen) atoms. The molecular formula is C15H19NO5S2. The van der Waals surface area contributed by atoms with Gasteiger partial charge in [-0.05, 0) is 30.0 Å². The largest absolute Gasteiger partial charge is 0.497 e. The van der Waals surface area contributed by atoms with Gasteiger partial charge in [-0.1, -0.05) is 6.07 Å². The molecule has 126 valence electrons. The molecule has 1 heterocycles. The number of hydrogen-bond acceptors (Lipinski definition) is 6. The van der Waals surface area contributed by atoms with Crippen molar-refractivity contribution in [1.29, 1.82) is 0 Å². The van der Waals surface area contributed by atoms with Crippen molar-refractivity contribution in [2.75, 3.05) is 20.8 Å². The van der Waals surface area contributed by atoms with Crippen molar-refractivity contribution < 1.29 is 23.0 Å². The molecule has 0 aliphatic rings. The van der Waals surface area contributed by atoms with Crippen LogP contribution in [0.2, 0.25) is 0 Å². The Balaban J connectivity index is 2.04. The summed E-state index contributed by atoms with van der Waals surface area (Å²) in [6.45, 7) is 0.122. The first-order chi connectivity index (χ1) is 11.0. The van der Waals surface area contributed by atoms with Crippen molar-refractivity contribution in [2.24, 2.45) is 0 Å². The van der Waals surface area contributed by atoms with Crippen LogP contribution in [0.1, 0.15) is 17.4 Å². The van der Waals surface area contributed by atoms with Gasteiger partial charge in [0.2, 0.25) is 10.0 Å². The minimum atomic E-state index is -3.73. The number of sulfonamides is 1. The second kappa shape index (κ2) is 7.78. The number of rotatable bonds is 8. The van der Waals surface area contributed by atoms with Gasteiger partial charge in [0.25, 0.3) is 0 Å². The fourth-order valence-electron chi connectivity index (χ4n) is 2.03. The molecule has 2 rings (SSSR count). The molecule has 8 heteroatoms. The molecule has 1 aromatic carbocycles. The van der Waals surface area contributed by atoms with E-state index in [9.17, 15) is 13.5 Å². The molecule has 0 aliphatic carbocycles. The fourth-order valence-corrected chi connectivity index (χ4v) is 3.97. The molecular weight excluding hydrogens is 338 g/mol. The van der Waals surface area contributed by atoms with E-state index < -0.39 is 16.1 Å². The highest BCUT2D eigenvalue weighted by atomic mass is 32.2. The SMILES string of the molecule is COc1ccc(S(=O)(=O)NCCC(O)c2cccs2)c(OC)c1. The van der Waals surface area contributed by atoms with Crippen LogP contribution in [-0.2, 0) is 10.0 Å². The van der Waals surface area contributed by atoms with Crippen LogP contribution < -0.4 is 14.2 Å². The van der Waals surface area contributed by atoms with Gasteiger partial charge < -0.3 is 14.6 Å². The van der Waals surface area contributed by atoms with Gasteiger partial charge in [-0.25, -0.2) is 13.1 Å². The Kier molecular flexibility index (Phi) is 6.00. The number of benzene rings is 1. The molecule has 0 spiro atoms. The minimum Gasteiger partial charge on any atom is -0.497 e. The molecule has 0 amide bonds. The summed E-state index contributed by atoms with van der Waals surface area (Å²) in [5, 5.41) is 11.8. The lowest BCUT2D eigenvalue weighted by Crippen LogP contribution is -2.26. The average Bonchev–Trinajstić information content (AvgIpc) is 3.08. The number of aliphatic hydroxyl groups is 1. The lowest BCUT2D eigenvalue weighted by molar-refractivity contribution is 0.173. The number of methoxy groups -OCH3 is 2. The first kappa shape index (κ1) is 17.7. The summed E-state index contributed by atoms with van der Waals surface area (Å²) in [4.78, 5) is 0.845. The predicted molar refractivity (Wildman–Crippen MR) is 88.6 cm³/mol. The summed E-state index contributed by atoms with van der Waals surface area (Å²) in [6, 6.07) is 8.15. The summed E-state index contributed by atoms with van der Waals surface area (Å²) >= 11 is 1.43. The van der Waals surface area contributed by atoms with Crippen molar-refractivity contribution in [3.63, 3.8) is 0 Å². The van der Waals surface area contributed by atoms with Crippen LogP contribution in [0, 0.1) is 0 Å². The zero-order valence-corrected chi connectivity index (χ0v) is 14.5. The van der Waals surface area contributed by atoms with Crippen molar-refractivity contribution in [1.82, 2.24) is 4.72 Å². The minimum absolute atomic E-state index is 0.0337. The molecule has 6 nitrogen and oxygen atoms in total. The Morgan fingerprint density at radius 1 is 1.26 bits per heavy atom. The Hall–Kier alpha value is -1.61. The summed E-state index contributed by atoms with van der Waals surface area (Å²) < 4.78 is 37.4. The van der Waals surface area contributed by atoms with E-state index in [0.29, 0.717) is 5.75 Å². The zero-order chi connectivity index (χ0) is 16.9. The zero-order valence-electron chi connectivity index (χ0n) is 12.9. The van der Waals surface area contributed by atoms with Crippen LogP contribution in [0.3, 0.4) is 0 Å². The predicted octanol–water partition coefficient (Wildman–Crippen LogP) is 2.17. The third kappa shape index (κ3) is 4.44. The van der Waals surface area contributed by atoms with Crippen molar-refractivity contribution in [3.05, 3.63) is 40.6 Å². The van der Waals surface area contributed by atoms with E-state index in [4.69, 9.17) is 9.47 Å². The monoisotopic (exact) mass is 357 g/mol. The second-order valence-electron chi connectivity index (χ2n) is 4.73. The van der Waals surface area contributed by atoms with Crippen molar-refractivity contribution >= 4 is 21.4 Å². The fraction of sp³-hybridized carbons (Fsp3) is 0.333. The molecule has 0 saturated heterocycles. The average molecular weight is 357 g/mol. The number of aliphatic hydroxyl groups excluding tert-OH is 1. The standard InChI is InChI=1S/C15H19NO5S2/c1-20-11-5-6-15(13(10-11)21-2)23(18,19)16-8-7-12(17)14-4-3-9-22-14/h3-6,9-10,12,16-17H,7-8H2,1-2H3. The van der Waals surface area contributed by atoms with Crippen LogP contribution in [0.4, 0.5) is 0 Å². The van der Waals surface area contributed by atoms with Gasteiger partial charge in [-0.15, -0.1) is 11.3 Å². The van der Waals surface area contributed by atoms with Crippen LogP contribution in [0.25, 0.3) is 0 Å². The van der Waals surface area contributed by atoms with Gasteiger partial charge in [0.1, 0.15) is 16.4 Å². The van der Waals surface area contributed by atoms with Gasteiger partial charge in [0, 0.05) is 17.5 Å². The maximum absolute atomic E-state index is 12.4. The summed E-state index contributed by atoms with van der Waals surface area (Å²) in [5.74, 6) is 0.713. The van der Waals surface area contributed by atoms with E-state index in [1.54, 1.807) is 6.07 Å². The molecule has 2 aromatic rings. The van der Waals surface area contributed by atoms with Gasteiger partial charge in [-0.3, -0.25) is 0 Å². The molecule has 0 saturated carbocycles. The Morgan fingerprint density at radius 3 is 2.65 bits per heavy atom. The summed E-state index contributed by atoms with van der Waals surface area (Å²) in [5.41, 5.74) is 0. The summed E-state index contributed by atoms with van der Waals surface area (Å²) in [6.07, 6.45) is -0.395. The molecule has 1 unspecified atom stereocenters. The van der Waals surface area contributed by atoms with Crippen LogP contribution >= 0.6 is 11.3 Å². The van der Waals surface area contributed by atoms with Gasteiger partial charge in [0.15, 0.2) is 0 Å². The first-order valence-electron chi connectivity index (χ1n) is 6.91. The molecule has 2 N–H and O–H groups in total. The normalized spacial score (nSPS) is 12.8. The number of nitrogens with one attached hydrogen (secondary N) is 1. The van der Waals surface area contributed by atoms with Gasteiger partial charge >= 0.3 is 0 Å². The molecule has 0 radical (unpaired) electrons. The van der Waals surface area contributed by atoms with Crippen LogP contribution in [0.15, 0.2) is 40.6 Å². The smallest absolute Gasteiger partial charge is 0.244 e. The van der Waals surface area contributed by atoms with E-state index in [0.717, 1.165) is 4.88 Å². The van der Waals surface area contributed by atoms with Gasteiger partial charge in [0.05, 0.1) is 20.3 Å². The van der Waals surface area contributed by atoms with E-state index in [1.807, 2.05) is 17.5 Å². The maximum Gasteiger partial charge on any atom is 0.244 e. The highest BCUT2D eigenvalue weighted by Crippen LogP contribution is 2.28. The third-order valence-corrected chi connectivity index (χ3v) is 5.72. The highest BCUT2D eigenvalue weighted by Gasteiger charge is 2.20. The third-order valence-electron chi connectivity index (χ3n) is 3.24. The van der Waals surface area contributed by atoms with Crippen LogP contribution in [0.5, 0.6) is 11.5 Å². The Morgan fingerprint density at radius 2 is 2.04 bits per heavy atom. The van der Waals surface area contributed by atoms with E-state index in [2.05, 4.69) is 4.72 Å². The summed E-state index contributed by atoms with van der Waals surface area (Å²) in [7, 11) is -0.840. The molecule has 0 bridgehead atoms. The number of thiophene rings is 1. The van der Waals surface area contributed by atoms with Crippen LogP contribution in [-0.4, -0.2) is 34.3 Å². The van der Waals surface area contributed by atoms with Crippen molar-refractivity contribution in [3.8, 4) is 11.5 Å². The van der Waals surface area contributed by atoms with E-state index in [-0.39, 0.29) is 23.6 Å². The molecule has 1 aromatic heterocycles. The van der Waals surface area contributed by atoms with E-state index in [1.165, 1.54) is 37.7 Å². The first-order valence-corrected chi connectivity index (χ1v) is 9.27. The number of hydrogen-bond donors (Lipinski definition) is 2. The Bertz CT molecular complexity index is 728. The lowest BCUT2D eigenvalue weighted by atomic mass is 10.2.